The summed E-state index contributed by atoms with van der Waals surface area (Å²) in [5.74, 6) is 0.149. The predicted molar refractivity (Wildman–Crippen MR) is 73.4 cm³/mol. The Hall–Kier alpha value is -1.89. The zero-order chi connectivity index (χ0) is 15.3. The molecular formula is C13H20FN4O3+. The van der Waals surface area contributed by atoms with E-state index in [0.29, 0.717) is 51.9 Å². The summed E-state index contributed by atoms with van der Waals surface area (Å²) in [5.41, 5.74) is 8.05. The largest absolute Gasteiger partial charge is 0.491 e. The van der Waals surface area contributed by atoms with Crippen LogP contribution in [0.2, 0.25) is 0 Å². The van der Waals surface area contributed by atoms with E-state index in [4.69, 9.17) is 19.7 Å². The van der Waals surface area contributed by atoms with Gasteiger partial charge in [0.05, 0.1) is 32.5 Å². The van der Waals surface area contributed by atoms with Gasteiger partial charge in [-0.2, -0.15) is 4.57 Å². The molecule has 0 N–H and O–H groups in total. The van der Waals surface area contributed by atoms with E-state index in [1.54, 1.807) is 12.3 Å². The van der Waals surface area contributed by atoms with Crippen LogP contribution in [0.25, 0.3) is 10.4 Å². The van der Waals surface area contributed by atoms with Crippen LogP contribution in [0.3, 0.4) is 0 Å². The Balaban J connectivity index is 2.04. The molecule has 0 aliphatic carbocycles. The molecule has 1 aromatic heterocycles. The summed E-state index contributed by atoms with van der Waals surface area (Å²) in [4.78, 5) is 2.61. The molecule has 1 rings (SSSR count). The molecule has 0 aromatic carbocycles. The Labute approximate surface area is 122 Å². The van der Waals surface area contributed by atoms with Gasteiger partial charge in [0.25, 0.3) is 0 Å². The highest BCUT2D eigenvalue weighted by Crippen LogP contribution is 2.08. The summed E-state index contributed by atoms with van der Waals surface area (Å²) in [6.07, 6.45) is 1.64. The summed E-state index contributed by atoms with van der Waals surface area (Å²) in [5, 5.41) is 3.33. The molecule has 0 fully saturated rings. The molecule has 7 nitrogen and oxygen atoms in total. The molecule has 0 saturated heterocycles. The number of azide groups is 1. The van der Waals surface area contributed by atoms with Crippen LogP contribution in [0.5, 0.6) is 5.75 Å². The van der Waals surface area contributed by atoms with Crippen LogP contribution in [0, 0.1) is 5.95 Å². The highest BCUT2D eigenvalue weighted by Gasteiger charge is 2.08. The molecule has 0 bridgehead atoms. The van der Waals surface area contributed by atoms with Gasteiger partial charge in [0.1, 0.15) is 18.9 Å². The van der Waals surface area contributed by atoms with Gasteiger partial charge in [0.15, 0.2) is 6.20 Å². The van der Waals surface area contributed by atoms with Crippen molar-refractivity contribution in [2.75, 3.05) is 39.6 Å². The van der Waals surface area contributed by atoms with E-state index in [2.05, 4.69) is 10.0 Å². The maximum atomic E-state index is 13.5. The Morgan fingerprint density at radius 3 is 2.62 bits per heavy atom. The van der Waals surface area contributed by atoms with Crippen molar-refractivity contribution in [2.24, 2.45) is 5.11 Å². The molecule has 0 atom stereocenters. The minimum atomic E-state index is -0.329. The van der Waals surface area contributed by atoms with E-state index in [-0.39, 0.29) is 5.95 Å². The van der Waals surface area contributed by atoms with Crippen LogP contribution < -0.4 is 9.30 Å². The van der Waals surface area contributed by atoms with Crippen molar-refractivity contribution in [1.82, 2.24) is 0 Å². The quantitative estimate of drug-likeness (QED) is 0.156. The average Bonchev–Trinajstić information content (AvgIpc) is 2.49. The van der Waals surface area contributed by atoms with E-state index in [9.17, 15) is 4.39 Å². The monoisotopic (exact) mass is 299 g/mol. The second-order valence-electron chi connectivity index (χ2n) is 4.00. The number of pyridine rings is 1. The molecule has 0 unspecified atom stereocenters. The highest BCUT2D eigenvalue weighted by molar-refractivity contribution is 5.15. The van der Waals surface area contributed by atoms with Crippen molar-refractivity contribution < 1.29 is 23.2 Å². The van der Waals surface area contributed by atoms with E-state index in [1.165, 1.54) is 10.6 Å². The average molecular weight is 299 g/mol. The van der Waals surface area contributed by atoms with Gasteiger partial charge in [-0.25, -0.2) is 0 Å². The maximum Gasteiger partial charge on any atom is 0.363 e. The third kappa shape index (κ3) is 7.45. The first-order valence-corrected chi connectivity index (χ1v) is 6.76. The summed E-state index contributed by atoms with van der Waals surface area (Å²) < 4.78 is 30.8. The van der Waals surface area contributed by atoms with Gasteiger partial charge in [0, 0.05) is 17.5 Å². The third-order valence-electron chi connectivity index (χ3n) is 2.56. The zero-order valence-corrected chi connectivity index (χ0v) is 12.1. The second-order valence-corrected chi connectivity index (χ2v) is 4.00. The molecule has 1 heterocycles. The number of ether oxygens (including phenoxy) is 3. The predicted octanol–water partition coefficient (Wildman–Crippen LogP) is 1.86. The Bertz CT molecular complexity index is 467. The number of halogens is 1. The Morgan fingerprint density at radius 1 is 1.24 bits per heavy atom. The highest BCUT2D eigenvalue weighted by atomic mass is 19.1. The number of nitrogens with zero attached hydrogens (tertiary/aromatic N) is 4. The van der Waals surface area contributed by atoms with E-state index < -0.39 is 0 Å². The van der Waals surface area contributed by atoms with Gasteiger partial charge < -0.3 is 14.2 Å². The SMILES string of the molecule is CC[n+]1ccc(OCCOCCOCCN=[N+]=[N-])cc1F. The molecule has 1 aromatic rings. The van der Waals surface area contributed by atoms with Gasteiger partial charge in [-0.1, -0.05) is 5.11 Å². The summed E-state index contributed by atoms with van der Waals surface area (Å²) in [6, 6.07) is 3.06. The molecule has 0 spiro atoms. The molecule has 116 valence electrons. The molecule has 21 heavy (non-hydrogen) atoms. The Kier molecular flexibility index (Phi) is 8.86. The molecule has 0 saturated carbocycles. The van der Waals surface area contributed by atoms with Crippen LogP contribution in [0.15, 0.2) is 23.4 Å². The third-order valence-corrected chi connectivity index (χ3v) is 2.56. The Morgan fingerprint density at radius 2 is 1.95 bits per heavy atom. The van der Waals surface area contributed by atoms with Crippen molar-refractivity contribution in [3.8, 4) is 5.75 Å². The molecular weight excluding hydrogens is 279 g/mol. The fraction of sp³-hybridized carbons (Fsp3) is 0.615. The van der Waals surface area contributed by atoms with Gasteiger partial charge in [-0.05, 0) is 12.5 Å². The first-order valence-electron chi connectivity index (χ1n) is 6.76. The number of aromatic nitrogens is 1. The molecule has 0 aliphatic heterocycles. The number of hydrogen-bond acceptors (Lipinski definition) is 4. The van der Waals surface area contributed by atoms with Gasteiger partial charge in [-0.15, -0.1) is 4.39 Å². The van der Waals surface area contributed by atoms with Crippen LogP contribution in [0.4, 0.5) is 4.39 Å². The van der Waals surface area contributed by atoms with Crippen LogP contribution in [-0.4, -0.2) is 39.6 Å². The van der Waals surface area contributed by atoms with Crippen molar-refractivity contribution in [3.63, 3.8) is 0 Å². The van der Waals surface area contributed by atoms with Gasteiger partial charge in [-0.3, -0.25) is 0 Å². The lowest BCUT2D eigenvalue weighted by atomic mass is 10.4. The van der Waals surface area contributed by atoms with Crippen molar-refractivity contribution in [1.29, 1.82) is 0 Å². The normalized spacial score (nSPS) is 10.2. The van der Waals surface area contributed by atoms with Crippen LogP contribution in [0.1, 0.15) is 6.92 Å². The molecule has 8 heteroatoms. The van der Waals surface area contributed by atoms with Crippen LogP contribution in [-0.2, 0) is 16.0 Å². The minimum absolute atomic E-state index is 0.316. The summed E-state index contributed by atoms with van der Waals surface area (Å²) in [7, 11) is 0. The van der Waals surface area contributed by atoms with E-state index in [1.807, 2.05) is 6.92 Å². The maximum absolute atomic E-state index is 13.5. The molecule has 0 radical (unpaired) electrons. The fourth-order valence-corrected chi connectivity index (χ4v) is 1.52. The first kappa shape index (κ1) is 17.2. The number of rotatable bonds is 11. The fourth-order valence-electron chi connectivity index (χ4n) is 1.52. The zero-order valence-electron chi connectivity index (χ0n) is 12.1. The number of hydrogen-bond donors (Lipinski definition) is 0. The van der Waals surface area contributed by atoms with Crippen molar-refractivity contribution in [3.05, 3.63) is 34.7 Å². The van der Waals surface area contributed by atoms with Crippen LogP contribution >= 0.6 is 0 Å². The molecule has 0 amide bonds. The lowest BCUT2D eigenvalue weighted by molar-refractivity contribution is -0.720. The van der Waals surface area contributed by atoms with Crippen molar-refractivity contribution in [2.45, 2.75) is 13.5 Å². The lowest BCUT2D eigenvalue weighted by Gasteiger charge is -2.07. The summed E-state index contributed by atoms with van der Waals surface area (Å²) in [6.45, 7) is 4.73. The standard InChI is InChI=1S/C13H20FN4O3/c1-2-18-5-3-12(11-13(18)14)21-10-9-20-8-7-19-6-4-16-17-15/h3,5,11H,2,4,6-10H2,1H3/q+1. The minimum Gasteiger partial charge on any atom is -0.491 e. The summed E-state index contributed by atoms with van der Waals surface area (Å²) >= 11 is 0. The topological polar surface area (TPSA) is 80.3 Å². The smallest absolute Gasteiger partial charge is 0.363 e. The number of aryl methyl sites for hydroxylation is 1. The van der Waals surface area contributed by atoms with E-state index >= 15 is 0 Å². The second kappa shape index (κ2) is 10.8. The van der Waals surface area contributed by atoms with Crippen molar-refractivity contribution >= 4 is 0 Å². The van der Waals surface area contributed by atoms with Gasteiger partial charge >= 0.3 is 5.95 Å². The van der Waals surface area contributed by atoms with E-state index in [0.717, 1.165) is 0 Å². The van der Waals surface area contributed by atoms with Gasteiger partial charge in [0.2, 0.25) is 0 Å². The first-order chi connectivity index (χ1) is 10.3. The lowest BCUT2D eigenvalue weighted by Crippen LogP contribution is -2.36. The molecule has 0 aliphatic rings.